The molecule has 0 heterocycles. The van der Waals surface area contributed by atoms with Crippen molar-refractivity contribution in [1.29, 1.82) is 5.41 Å². The van der Waals surface area contributed by atoms with Gasteiger partial charge >= 0.3 is 5.97 Å². The van der Waals surface area contributed by atoms with E-state index in [9.17, 15) is 4.79 Å². The van der Waals surface area contributed by atoms with E-state index in [1.165, 1.54) is 0 Å². The van der Waals surface area contributed by atoms with Crippen LogP contribution in [-0.2, 0) is 4.79 Å². The van der Waals surface area contributed by atoms with Gasteiger partial charge in [0, 0.05) is 12.8 Å². The lowest BCUT2D eigenvalue weighted by Crippen LogP contribution is -2.34. The molecule has 13 heavy (non-hydrogen) atoms. The number of hydrogen-bond donors (Lipinski definition) is 4. The van der Waals surface area contributed by atoms with Crippen LogP contribution in [0, 0.1) is 5.41 Å². The van der Waals surface area contributed by atoms with Crippen LogP contribution < -0.4 is 10.7 Å². The Bertz CT molecular complexity index is 203. The fourth-order valence-corrected chi connectivity index (χ4v) is 0.535. The highest BCUT2D eigenvalue weighted by atomic mass is 16.4. The molecule has 0 aliphatic rings. The van der Waals surface area contributed by atoms with Gasteiger partial charge in [-0.2, -0.15) is 5.10 Å². The first-order valence-electron chi connectivity index (χ1n) is 3.98. The van der Waals surface area contributed by atoms with Crippen LogP contribution in [0.25, 0.3) is 0 Å². The van der Waals surface area contributed by atoms with Crippen molar-refractivity contribution in [3.63, 3.8) is 0 Å². The molecule has 0 atom stereocenters. The zero-order chi connectivity index (χ0) is 10.1. The minimum absolute atomic E-state index is 0.00551. The Morgan fingerprint density at radius 1 is 1.69 bits per heavy atom. The zero-order valence-electron chi connectivity index (χ0n) is 7.50. The molecule has 0 unspecified atom stereocenters. The molecule has 0 rings (SSSR count). The quantitative estimate of drug-likeness (QED) is 0.275. The van der Waals surface area contributed by atoms with Crippen molar-refractivity contribution in [2.45, 2.75) is 19.8 Å². The van der Waals surface area contributed by atoms with E-state index in [-0.39, 0.29) is 18.9 Å². The third-order valence-corrected chi connectivity index (χ3v) is 1.09. The highest BCUT2D eigenvalue weighted by Gasteiger charge is 1.96. The SMILES string of the molecule is CCC=NNC(=N)NCCC(=O)O. The van der Waals surface area contributed by atoms with Crippen molar-refractivity contribution >= 4 is 18.1 Å². The molecular weight excluding hydrogens is 172 g/mol. The van der Waals surface area contributed by atoms with E-state index in [1.807, 2.05) is 6.92 Å². The maximum atomic E-state index is 10.1. The molecule has 0 aliphatic carbocycles. The van der Waals surface area contributed by atoms with E-state index in [0.29, 0.717) is 0 Å². The standard InChI is InChI=1S/C7H14N4O2/c1-2-4-10-11-7(8)9-5-3-6(12)13/h4H,2-3,5H2,1H3,(H,12,13)(H3,8,9,11). The number of hydrazone groups is 1. The van der Waals surface area contributed by atoms with Crippen LogP contribution >= 0.6 is 0 Å². The molecule has 0 radical (unpaired) electrons. The Labute approximate surface area is 76.5 Å². The van der Waals surface area contributed by atoms with E-state index in [4.69, 9.17) is 10.5 Å². The molecule has 6 nitrogen and oxygen atoms in total. The van der Waals surface area contributed by atoms with Gasteiger partial charge < -0.3 is 10.4 Å². The smallest absolute Gasteiger partial charge is 0.305 e. The molecule has 6 heteroatoms. The molecule has 0 fully saturated rings. The van der Waals surface area contributed by atoms with Crippen LogP contribution in [-0.4, -0.2) is 29.8 Å². The summed E-state index contributed by atoms with van der Waals surface area (Å²) in [6.45, 7) is 2.15. The molecule has 0 aliphatic heterocycles. The summed E-state index contributed by atoms with van der Waals surface area (Å²) in [6.07, 6.45) is 2.39. The second-order valence-corrected chi connectivity index (χ2v) is 2.28. The average Bonchev–Trinajstić information content (AvgIpc) is 2.04. The Morgan fingerprint density at radius 3 is 2.92 bits per heavy atom. The molecule has 0 saturated heterocycles. The summed E-state index contributed by atoms with van der Waals surface area (Å²) >= 11 is 0. The summed E-state index contributed by atoms with van der Waals surface area (Å²) in [6, 6.07) is 0. The first-order chi connectivity index (χ1) is 6.16. The van der Waals surface area contributed by atoms with Crippen LogP contribution in [0.4, 0.5) is 0 Å². The van der Waals surface area contributed by atoms with Gasteiger partial charge in [0.15, 0.2) is 0 Å². The number of aliphatic carboxylic acids is 1. The van der Waals surface area contributed by atoms with Crippen molar-refractivity contribution in [3.8, 4) is 0 Å². The van der Waals surface area contributed by atoms with Crippen LogP contribution in [0.15, 0.2) is 5.10 Å². The third kappa shape index (κ3) is 8.32. The number of carboxylic acid groups (broad SMARTS) is 1. The predicted octanol–water partition coefficient (Wildman–Crippen LogP) is -0.0291. The fraction of sp³-hybridized carbons (Fsp3) is 0.571. The molecule has 4 N–H and O–H groups in total. The van der Waals surface area contributed by atoms with E-state index in [0.717, 1.165) is 6.42 Å². The lowest BCUT2D eigenvalue weighted by atomic mass is 10.4. The molecular formula is C7H14N4O2. The molecule has 0 amide bonds. The van der Waals surface area contributed by atoms with E-state index in [2.05, 4.69) is 15.8 Å². The van der Waals surface area contributed by atoms with Crippen molar-refractivity contribution < 1.29 is 9.90 Å². The normalized spacial score (nSPS) is 9.92. The molecule has 74 valence electrons. The highest BCUT2D eigenvalue weighted by molar-refractivity contribution is 5.77. The first kappa shape index (κ1) is 11.4. The summed E-state index contributed by atoms with van der Waals surface area (Å²) < 4.78 is 0. The first-order valence-corrected chi connectivity index (χ1v) is 3.98. The van der Waals surface area contributed by atoms with Gasteiger partial charge in [0.1, 0.15) is 0 Å². The van der Waals surface area contributed by atoms with Gasteiger partial charge in [-0.05, 0) is 6.42 Å². The van der Waals surface area contributed by atoms with Crippen molar-refractivity contribution in [1.82, 2.24) is 10.7 Å². The van der Waals surface area contributed by atoms with Crippen LogP contribution in [0.1, 0.15) is 19.8 Å². The van der Waals surface area contributed by atoms with Crippen LogP contribution in [0.3, 0.4) is 0 Å². The molecule has 0 aromatic heterocycles. The molecule has 0 aromatic rings. The largest absolute Gasteiger partial charge is 0.481 e. The summed E-state index contributed by atoms with van der Waals surface area (Å²) in [5.74, 6) is -0.886. The summed E-state index contributed by atoms with van der Waals surface area (Å²) in [4.78, 5) is 10.1. The van der Waals surface area contributed by atoms with E-state index >= 15 is 0 Å². The van der Waals surface area contributed by atoms with Crippen molar-refractivity contribution in [2.75, 3.05) is 6.54 Å². The summed E-state index contributed by atoms with van der Waals surface area (Å²) in [5, 5.41) is 21.7. The van der Waals surface area contributed by atoms with Gasteiger partial charge in [-0.15, -0.1) is 0 Å². The maximum absolute atomic E-state index is 10.1. The number of nitrogens with one attached hydrogen (secondary N) is 3. The summed E-state index contributed by atoms with van der Waals surface area (Å²) in [7, 11) is 0. The zero-order valence-corrected chi connectivity index (χ0v) is 7.50. The number of guanidine groups is 1. The number of rotatable bonds is 5. The van der Waals surface area contributed by atoms with E-state index < -0.39 is 5.97 Å². The van der Waals surface area contributed by atoms with Gasteiger partial charge in [0.25, 0.3) is 0 Å². The lowest BCUT2D eigenvalue weighted by Gasteiger charge is -2.03. The maximum Gasteiger partial charge on any atom is 0.305 e. The second kappa shape index (κ2) is 7.08. The summed E-state index contributed by atoms with van der Waals surface area (Å²) in [5.41, 5.74) is 2.41. The van der Waals surface area contributed by atoms with Crippen LogP contribution in [0.2, 0.25) is 0 Å². The minimum Gasteiger partial charge on any atom is -0.481 e. The fourth-order valence-electron chi connectivity index (χ4n) is 0.535. The molecule has 0 aromatic carbocycles. The third-order valence-electron chi connectivity index (χ3n) is 1.09. The van der Waals surface area contributed by atoms with Crippen molar-refractivity contribution in [2.24, 2.45) is 5.10 Å². The van der Waals surface area contributed by atoms with Gasteiger partial charge in [0.2, 0.25) is 5.96 Å². The predicted molar refractivity (Wildman–Crippen MR) is 49.9 cm³/mol. The minimum atomic E-state index is -0.891. The monoisotopic (exact) mass is 186 g/mol. The topological polar surface area (TPSA) is 97.6 Å². The Kier molecular flexibility index (Phi) is 6.21. The lowest BCUT2D eigenvalue weighted by molar-refractivity contribution is -0.136. The van der Waals surface area contributed by atoms with Gasteiger partial charge in [-0.1, -0.05) is 6.92 Å². The van der Waals surface area contributed by atoms with Gasteiger partial charge in [-0.3, -0.25) is 10.2 Å². The van der Waals surface area contributed by atoms with E-state index in [1.54, 1.807) is 6.21 Å². The number of carbonyl (C=O) groups is 1. The Hall–Kier alpha value is -1.59. The molecule has 0 spiro atoms. The average molecular weight is 186 g/mol. The Balaban J connectivity index is 3.41. The van der Waals surface area contributed by atoms with Crippen molar-refractivity contribution in [3.05, 3.63) is 0 Å². The number of carboxylic acids is 1. The van der Waals surface area contributed by atoms with Crippen LogP contribution in [0.5, 0.6) is 0 Å². The van der Waals surface area contributed by atoms with Gasteiger partial charge in [0.05, 0.1) is 6.42 Å². The second-order valence-electron chi connectivity index (χ2n) is 2.28. The van der Waals surface area contributed by atoms with Gasteiger partial charge in [-0.25, -0.2) is 5.43 Å². The number of hydrogen-bond acceptors (Lipinski definition) is 3. The molecule has 0 bridgehead atoms. The number of nitrogens with zero attached hydrogens (tertiary/aromatic N) is 1. The molecule has 0 saturated carbocycles. The Morgan fingerprint density at radius 2 is 2.38 bits per heavy atom. The highest BCUT2D eigenvalue weighted by Crippen LogP contribution is 1.74.